The Hall–Kier alpha value is -1.76. The molecule has 0 aliphatic rings. The van der Waals surface area contributed by atoms with Crippen LogP contribution in [0.25, 0.3) is 0 Å². The number of hydrogen-bond donors (Lipinski definition) is 5. The average Bonchev–Trinajstić information content (AvgIpc) is 2.58. The molecule has 11 heteroatoms. The van der Waals surface area contributed by atoms with Gasteiger partial charge in [-0.1, -0.05) is 0 Å². The molecule has 0 spiro atoms. The van der Waals surface area contributed by atoms with E-state index in [0.29, 0.717) is 0 Å². The van der Waals surface area contributed by atoms with Crippen LogP contribution in [0.4, 0.5) is 0 Å². The summed E-state index contributed by atoms with van der Waals surface area (Å²) in [6.45, 7) is 7.22. The second kappa shape index (κ2) is 13.5. The maximum absolute atomic E-state index is 12.1. The molecule has 5 N–H and O–H groups in total. The Kier molecular flexibility index (Phi) is 12.7. The summed E-state index contributed by atoms with van der Waals surface area (Å²) in [5.41, 5.74) is -0.405. The Labute approximate surface area is 190 Å². The van der Waals surface area contributed by atoms with Crippen LogP contribution in [0.1, 0.15) is 66.2 Å². The lowest BCUT2D eigenvalue weighted by molar-refractivity contribution is -0.142. The third-order valence-electron chi connectivity index (χ3n) is 4.04. The fourth-order valence-electron chi connectivity index (χ4n) is 2.60. The summed E-state index contributed by atoms with van der Waals surface area (Å²) < 4.78 is -0.188. The number of carboxylic acid groups (broad SMARTS) is 2. The standard InChI is InChI=1S/C19H32IN3O7/c1-11(5-9-16(26)22-12(17(27)28)6-8-14(20)24)21-15(25)10-7-13(18(29)30)23-19(2,3)4/h11-13,23H,5-10H2,1-4H3,(H,21,25)(H,22,26)(H,27,28)(H,29,30)/t11-,12+,13+/m0/s1. The van der Waals surface area contributed by atoms with E-state index in [9.17, 15) is 29.1 Å². The van der Waals surface area contributed by atoms with E-state index >= 15 is 0 Å². The molecule has 2 amide bonds. The minimum absolute atomic E-state index is 0.00669. The molecule has 0 aliphatic heterocycles. The van der Waals surface area contributed by atoms with Crippen molar-refractivity contribution in [1.29, 1.82) is 0 Å². The third-order valence-corrected chi connectivity index (χ3v) is 4.58. The summed E-state index contributed by atoms with van der Waals surface area (Å²) in [6.07, 6.45) is 0.502. The Morgan fingerprint density at radius 1 is 0.800 bits per heavy atom. The average molecular weight is 541 g/mol. The van der Waals surface area contributed by atoms with Crippen LogP contribution in [0, 0.1) is 0 Å². The minimum atomic E-state index is -1.21. The lowest BCUT2D eigenvalue weighted by Gasteiger charge is -2.26. The molecular formula is C19H32IN3O7. The monoisotopic (exact) mass is 541 g/mol. The summed E-state index contributed by atoms with van der Waals surface area (Å²) >= 11 is 1.57. The fourth-order valence-corrected chi connectivity index (χ4v) is 2.92. The Bertz CT molecular complexity index is 634. The maximum Gasteiger partial charge on any atom is 0.326 e. The number of rotatable bonds is 14. The molecule has 0 aliphatic carbocycles. The van der Waals surface area contributed by atoms with Gasteiger partial charge >= 0.3 is 11.9 Å². The van der Waals surface area contributed by atoms with Gasteiger partial charge in [0.05, 0.1) is 0 Å². The predicted octanol–water partition coefficient (Wildman–Crippen LogP) is 1.20. The van der Waals surface area contributed by atoms with Crippen molar-refractivity contribution < 1.29 is 34.2 Å². The normalized spacial score (nSPS) is 14.3. The van der Waals surface area contributed by atoms with Crippen molar-refractivity contribution in [3.8, 4) is 0 Å². The molecule has 0 rings (SSSR count). The van der Waals surface area contributed by atoms with E-state index < -0.39 is 35.5 Å². The first-order valence-corrected chi connectivity index (χ1v) is 10.8. The van der Waals surface area contributed by atoms with Crippen LogP contribution >= 0.6 is 22.6 Å². The van der Waals surface area contributed by atoms with Crippen molar-refractivity contribution in [2.24, 2.45) is 0 Å². The van der Waals surface area contributed by atoms with Crippen molar-refractivity contribution >= 4 is 50.1 Å². The number of aliphatic carboxylic acids is 2. The molecule has 0 aromatic heterocycles. The molecule has 10 nitrogen and oxygen atoms in total. The number of hydrogen-bond acceptors (Lipinski definition) is 6. The molecule has 0 unspecified atom stereocenters. The number of nitrogens with one attached hydrogen (secondary N) is 3. The van der Waals surface area contributed by atoms with Gasteiger partial charge < -0.3 is 20.8 Å². The maximum atomic E-state index is 12.1. The highest BCUT2D eigenvalue weighted by Gasteiger charge is 2.24. The van der Waals surface area contributed by atoms with E-state index in [0.717, 1.165) is 0 Å². The van der Waals surface area contributed by atoms with Gasteiger partial charge in [0, 0.05) is 30.8 Å². The Balaban J connectivity index is 4.38. The summed E-state index contributed by atoms with van der Waals surface area (Å²) in [6, 6.07) is -2.33. The molecule has 0 radical (unpaired) electrons. The van der Waals surface area contributed by atoms with Crippen molar-refractivity contribution in [3.05, 3.63) is 0 Å². The van der Waals surface area contributed by atoms with Crippen LogP contribution in [0.5, 0.6) is 0 Å². The highest BCUT2D eigenvalue weighted by molar-refractivity contribution is 14.1. The van der Waals surface area contributed by atoms with Gasteiger partial charge in [0.2, 0.25) is 11.8 Å². The zero-order valence-electron chi connectivity index (χ0n) is 17.8. The van der Waals surface area contributed by atoms with Gasteiger partial charge in [0.15, 0.2) is 3.79 Å². The zero-order valence-corrected chi connectivity index (χ0v) is 19.9. The van der Waals surface area contributed by atoms with Crippen molar-refractivity contribution in [2.45, 2.75) is 89.9 Å². The van der Waals surface area contributed by atoms with Crippen LogP contribution in [0.2, 0.25) is 0 Å². The van der Waals surface area contributed by atoms with E-state index in [4.69, 9.17) is 5.11 Å². The Morgan fingerprint density at radius 3 is 1.73 bits per heavy atom. The first-order chi connectivity index (χ1) is 13.7. The van der Waals surface area contributed by atoms with E-state index in [-0.39, 0.29) is 54.3 Å². The molecule has 0 aromatic rings. The first-order valence-electron chi connectivity index (χ1n) is 9.71. The molecular weight excluding hydrogens is 509 g/mol. The van der Waals surface area contributed by atoms with Crippen molar-refractivity contribution in [2.75, 3.05) is 0 Å². The van der Waals surface area contributed by atoms with Gasteiger partial charge in [0.25, 0.3) is 0 Å². The second-order valence-corrected chi connectivity index (χ2v) is 9.39. The van der Waals surface area contributed by atoms with Crippen LogP contribution in [-0.4, -0.2) is 61.4 Å². The van der Waals surface area contributed by atoms with Crippen LogP contribution in [0.15, 0.2) is 0 Å². The van der Waals surface area contributed by atoms with E-state index in [2.05, 4.69) is 16.0 Å². The Morgan fingerprint density at radius 2 is 1.27 bits per heavy atom. The molecule has 0 fully saturated rings. The largest absolute Gasteiger partial charge is 0.480 e. The van der Waals surface area contributed by atoms with Gasteiger partial charge in [-0.3, -0.25) is 24.5 Å². The summed E-state index contributed by atoms with van der Waals surface area (Å²) in [5, 5.41) is 26.4. The quantitative estimate of drug-likeness (QED) is 0.162. The summed E-state index contributed by atoms with van der Waals surface area (Å²) in [4.78, 5) is 57.5. The van der Waals surface area contributed by atoms with E-state index in [1.54, 1.807) is 29.5 Å². The van der Waals surface area contributed by atoms with Gasteiger partial charge in [-0.25, -0.2) is 4.79 Å². The lowest BCUT2D eigenvalue weighted by atomic mass is 10.0. The predicted molar refractivity (Wildman–Crippen MR) is 118 cm³/mol. The molecule has 0 saturated heterocycles. The van der Waals surface area contributed by atoms with Crippen LogP contribution < -0.4 is 16.0 Å². The minimum Gasteiger partial charge on any atom is -0.480 e. The molecule has 0 bridgehead atoms. The van der Waals surface area contributed by atoms with Gasteiger partial charge in [-0.15, -0.1) is 0 Å². The van der Waals surface area contributed by atoms with Gasteiger partial charge in [0.1, 0.15) is 12.1 Å². The number of amides is 2. The topological polar surface area (TPSA) is 162 Å². The van der Waals surface area contributed by atoms with Crippen molar-refractivity contribution in [1.82, 2.24) is 16.0 Å². The van der Waals surface area contributed by atoms with Crippen LogP contribution in [-0.2, 0) is 24.0 Å². The molecule has 172 valence electrons. The second-order valence-electron chi connectivity index (χ2n) is 8.18. The molecule has 0 aromatic carbocycles. The number of carbonyl (C=O) groups is 5. The summed E-state index contributed by atoms with van der Waals surface area (Å²) in [7, 11) is 0. The molecule has 30 heavy (non-hydrogen) atoms. The molecule has 3 atom stereocenters. The van der Waals surface area contributed by atoms with Crippen molar-refractivity contribution in [3.63, 3.8) is 0 Å². The third kappa shape index (κ3) is 14.3. The van der Waals surface area contributed by atoms with E-state index in [1.807, 2.05) is 20.8 Å². The van der Waals surface area contributed by atoms with Gasteiger partial charge in [-0.05, 0) is 69.5 Å². The smallest absolute Gasteiger partial charge is 0.326 e. The fraction of sp³-hybridized carbons (Fsp3) is 0.737. The highest BCUT2D eigenvalue weighted by Crippen LogP contribution is 2.08. The number of carbonyl (C=O) groups excluding carboxylic acids is 3. The van der Waals surface area contributed by atoms with Crippen LogP contribution in [0.3, 0.4) is 0 Å². The highest BCUT2D eigenvalue weighted by atomic mass is 127. The molecule has 0 heterocycles. The SMILES string of the molecule is C[C@@H](CCC(=O)N[C@H](CCC(=O)I)C(=O)O)NC(=O)CC[C@@H](NC(C)(C)C)C(=O)O. The lowest BCUT2D eigenvalue weighted by Crippen LogP contribution is -2.48. The molecule has 0 saturated carbocycles. The number of carboxylic acids is 2. The summed E-state index contributed by atoms with van der Waals surface area (Å²) in [5.74, 6) is -3.04. The van der Waals surface area contributed by atoms with Gasteiger partial charge in [-0.2, -0.15) is 0 Å². The number of halogens is 1. The van der Waals surface area contributed by atoms with E-state index in [1.165, 1.54) is 0 Å². The first kappa shape index (κ1) is 28.2. The zero-order chi connectivity index (χ0) is 23.5.